The van der Waals surface area contributed by atoms with E-state index in [0.717, 1.165) is 37.0 Å². The van der Waals surface area contributed by atoms with Gasteiger partial charge in [-0.3, -0.25) is 0 Å². The summed E-state index contributed by atoms with van der Waals surface area (Å²) in [5.41, 5.74) is 0.904. The Balaban J connectivity index is 1.67. The van der Waals surface area contributed by atoms with Crippen molar-refractivity contribution in [1.29, 1.82) is 0 Å². The molecule has 0 amide bonds. The summed E-state index contributed by atoms with van der Waals surface area (Å²) in [7, 11) is 0. The molecule has 2 aromatic heterocycles. The van der Waals surface area contributed by atoms with E-state index in [0.29, 0.717) is 0 Å². The highest BCUT2D eigenvalue weighted by Crippen LogP contribution is 2.21. The molecule has 0 N–H and O–H groups in total. The molecule has 0 atom stereocenters. The number of thiazole rings is 1. The van der Waals surface area contributed by atoms with E-state index < -0.39 is 5.95 Å². The number of aromatic nitrogens is 2. The molecule has 2 aromatic rings. The summed E-state index contributed by atoms with van der Waals surface area (Å²) in [4.78, 5) is 12.3. The Morgan fingerprint density at radius 2 is 1.83 bits per heavy atom. The zero-order valence-electron chi connectivity index (χ0n) is 9.79. The molecule has 1 fully saturated rings. The van der Waals surface area contributed by atoms with Gasteiger partial charge in [0.25, 0.3) is 0 Å². The second-order valence-electron chi connectivity index (χ2n) is 4.13. The molecule has 0 spiro atoms. The third-order valence-corrected chi connectivity index (χ3v) is 3.88. The Morgan fingerprint density at radius 3 is 2.50 bits per heavy atom. The molecule has 1 aliphatic heterocycles. The summed E-state index contributed by atoms with van der Waals surface area (Å²) in [6.07, 6.45) is 3.34. The molecule has 0 bridgehead atoms. The van der Waals surface area contributed by atoms with E-state index >= 15 is 0 Å². The van der Waals surface area contributed by atoms with Crippen LogP contribution in [0.1, 0.15) is 0 Å². The van der Waals surface area contributed by atoms with Gasteiger partial charge in [-0.25, -0.2) is 9.97 Å². The highest BCUT2D eigenvalue weighted by molar-refractivity contribution is 7.13. The van der Waals surface area contributed by atoms with E-state index in [4.69, 9.17) is 0 Å². The maximum absolute atomic E-state index is 13.1. The van der Waals surface area contributed by atoms with Gasteiger partial charge in [0, 0.05) is 55.7 Å². The predicted molar refractivity (Wildman–Crippen MR) is 70.7 cm³/mol. The minimum atomic E-state index is -0.421. The number of pyridine rings is 1. The van der Waals surface area contributed by atoms with Crippen LogP contribution in [-0.2, 0) is 0 Å². The lowest BCUT2D eigenvalue weighted by molar-refractivity contribution is 0.580. The third kappa shape index (κ3) is 2.28. The number of piperazine rings is 1. The van der Waals surface area contributed by atoms with E-state index in [9.17, 15) is 4.39 Å². The van der Waals surface area contributed by atoms with Crippen molar-refractivity contribution in [2.45, 2.75) is 0 Å². The summed E-state index contributed by atoms with van der Waals surface area (Å²) in [5.74, 6) is -0.421. The molecule has 1 saturated heterocycles. The van der Waals surface area contributed by atoms with Gasteiger partial charge in [0.2, 0.25) is 5.95 Å². The van der Waals surface area contributed by atoms with Gasteiger partial charge in [-0.15, -0.1) is 11.3 Å². The number of rotatable bonds is 2. The molecule has 4 nitrogen and oxygen atoms in total. The lowest BCUT2D eigenvalue weighted by Crippen LogP contribution is -2.46. The first-order valence-electron chi connectivity index (χ1n) is 5.84. The van der Waals surface area contributed by atoms with Gasteiger partial charge < -0.3 is 9.80 Å². The molecule has 3 rings (SSSR count). The first kappa shape index (κ1) is 11.4. The molecule has 0 radical (unpaired) electrons. The van der Waals surface area contributed by atoms with Crippen LogP contribution in [-0.4, -0.2) is 36.1 Å². The maximum Gasteiger partial charge on any atom is 0.214 e. The monoisotopic (exact) mass is 264 g/mol. The van der Waals surface area contributed by atoms with Crippen molar-refractivity contribution in [3.8, 4) is 0 Å². The van der Waals surface area contributed by atoms with Crippen LogP contribution >= 0.6 is 11.3 Å². The Hall–Kier alpha value is -1.69. The summed E-state index contributed by atoms with van der Waals surface area (Å²) in [6.45, 7) is 3.58. The van der Waals surface area contributed by atoms with Crippen molar-refractivity contribution < 1.29 is 4.39 Å². The average Bonchev–Trinajstić information content (AvgIpc) is 2.93. The summed E-state index contributed by atoms with van der Waals surface area (Å²) < 4.78 is 13.1. The highest BCUT2D eigenvalue weighted by atomic mass is 32.1. The van der Waals surface area contributed by atoms with Crippen molar-refractivity contribution in [3.05, 3.63) is 35.9 Å². The van der Waals surface area contributed by atoms with Crippen LogP contribution in [0.15, 0.2) is 29.9 Å². The molecule has 0 aromatic carbocycles. The largest absolute Gasteiger partial charge is 0.368 e. The van der Waals surface area contributed by atoms with Crippen LogP contribution in [0.2, 0.25) is 0 Å². The molecule has 1 aliphatic rings. The molecule has 0 aliphatic carbocycles. The van der Waals surface area contributed by atoms with Crippen LogP contribution in [0.25, 0.3) is 0 Å². The molecule has 3 heterocycles. The minimum absolute atomic E-state index is 0.421. The summed E-state index contributed by atoms with van der Waals surface area (Å²) in [5, 5.41) is 3.05. The van der Waals surface area contributed by atoms with Crippen molar-refractivity contribution in [1.82, 2.24) is 9.97 Å². The number of anilines is 2. The topological polar surface area (TPSA) is 32.3 Å². The van der Waals surface area contributed by atoms with E-state index in [1.165, 1.54) is 12.3 Å². The van der Waals surface area contributed by atoms with Crippen molar-refractivity contribution in [2.24, 2.45) is 0 Å². The first-order chi connectivity index (χ1) is 8.83. The van der Waals surface area contributed by atoms with Crippen LogP contribution in [0.4, 0.5) is 15.2 Å². The molecule has 18 heavy (non-hydrogen) atoms. The Bertz CT molecular complexity index is 509. The van der Waals surface area contributed by atoms with Gasteiger partial charge in [0.1, 0.15) is 0 Å². The summed E-state index contributed by atoms with van der Waals surface area (Å²) >= 11 is 1.66. The second-order valence-corrected chi connectivity index (χ2v) is 5.00. The van der Waals surface area contributed by atoms with Crippen LogP contribution < -0.4 is 9.80 Å². The Morgan fingerprint density at radius 1 is 1.06 bits per heavy atom. The fraction of sp³-hybridized carbons (Fsp3) is 0.333. The second kappa shape index (κ2) is 4.89. The van der Waals surface area contributed by atoms with E-state index in [-0.39, 0.29) is 0 Å². The lowest BCUT2D eigenvalue weighted by atomic mass is 10.3. The van der Waals surface area contributed by atoms with E-state index in [2.05, 4.69) is 19.8 Å². The first-order valence-corrected chi connectivity index (χ1v) is 6.72. The van der Waals surface area contributed by atoms with Gasteiger partial charge in [0.15, 0.2) is 5.13 Å². The van der Waals surface area contributed by atoms with Gasteiger partial charge in [-0.05, 0) is 6.07 Å². The number of hydrogen-bond acceptors (Lipinski definition) is 5. The van der Waals surface area contributed by atoms with Crippen LogP contribution in [0, 0.1) is 5.95 Å². The third-order valence-electron chi connectivity index (χ3n) is 3.04. The van der Waals surface area contributed by atoms with E-state index in [1.807, 2.05) is 17.6 Å². The Labute approximate surface area is 109 Å². The van der Waals surface area contributed by atoms with Crippen molar-refractivity contribution in [2.75, 3.05) is 36.0 Å². The quantitative estimate of drug-likeness (QED) is 0.777. The predicted octanol–water partition coefficient (Wildman–Crippen LogP) is 2.00. The zero-order valence-corrected chi connectivity index (χ0v) is 10.6. The molecule has 0 unspecified atom stereocenters. The SMILES string of the molecule is Fc1cc(N2CCN(c3nccs3)CC2)ccn1. The van der Waals surface area contributed by atoms with Gasteiger partial charge in [-0.2, -0.15) is 4.39 Å². The van der Waals surface area contributed by atoms with Gasteiger partial charge in [0.05, 0.1) is 0 Å². The molecular weight excluding hydrogens is 251 g/mol. The number of hydrogen-bond donors (Lipinski definition) is 0. The fourth-order valence-corrected chi connectivity index (χ4v) is 2.81. The Kier molecular flexibility index (Phi) is 3.10. The number of nitrogens with zero attached hydrogens (tertiary/aromatic N) is 4. The van der Waals surface area contributed by atoms with Gasteiger partial charge >= 0.3 is 0 Å². The zero-order chi connectivity index (χ0) is 12.4. The molecule has 6 heteroatoms. The number of halogens is 1. The highest BCUT2D eigenvalue weighted by Gasteiger charge is 2.19. The van der Waals surface area contributed by atoms with Crippen molar-refractivity contribution in [3.63, 3.8) is 0 Å². The van der Waals surface area contributed by atoms with Gasteiger partial charge in [-0.1, -0.05) is 0 Å². The van der Waals surface area contributed by atoms with Crippen LogP contribution in [0.3, 0.4) is 0 Å². The standard InChI is InChI=1S/C12H13FN4S/c13-11-9-10(1-2-14-11)16-4-6-17(7-5-16)12-15-3-8-18-12/h1-3,8-9H,4-7H2. The van der Waals surface area contributed by atoms with E-state index in [1.54, 1.807) is 11.3 Å². The average molecular weight is 264 g/mol. The maximum atomic E-state index is 13.1. The lowest BCUT2D eigenvalue weighted by Gasteiger charge is -2.35. The minimum Gasteiger partial charge on any atom is -0.368 e. The molecule has 0 saturated carbocycles. The fourth-order valence-electron chi connectivity index (χ4n) is 2.12. The van der Waals surface area contributed by atoms with Crippen LogP contribution in [0.5, 0.6) is 0 Å². The van der Waals surface area contributed by atoms with Crippen molar-refractivity contribution >= 4 is 22.2 Å². The molecule has 94 valence electrons. The summed E-state index contributed by atoms with van der Waals surface area (Å²) in [6, 6.07) is 3.33. The normalized spacial score (nSPS) is 16.1. The smallest absolute Gasteiger partial charge is 0.214 e. The molecular formula is C12H13FN4S.